The molecule has 0 spiro atoms. The van der Waals surface area contributed by atoms with Crippen LogP contribution < -0.4 is 0 Å². The summed E-state index contributed by atoms with van der Waals surface area (Å²) in [5, 5.41) is 2.25. The Morgan fingerprint density at radius 2 is 1.27 bits per heavy atom. The van der Waals surface area contributed by atoms with Crippen molar-refractivity contribution in [1.29, 1.82) is 0 Å². The summed E-state index contributed by atoms with van der Waals surface area (Å²) >= 11 is 0. The molecule has 0 radical (unpaired) electrons. The van der Waals surface area contributed by atoms with Gasteiger partial charge in [0.05, 0.1) is 22.5 Å². The zero-order chi connectivity index (χ0) is 38.2. The molecule has 1 aliphatic rings. The van der Waals surface area contributed by atoms with Crippen molar-refractivity contribution < 1.29 is 46.4 Å². The van der Waals surface area contributed by atoms with Gasteiger partial charge in [0, 0.05) is 18.1 Å². The molecule has 4 heterocycles. The molecule has 56 heavy (non-hydrogen) atoms. The second-order valence-electron chi connectivity index (χ2n) is 12.5. The molecule has 4 nitrogen and oxygen atoms in total. The molecular weight excluding hydrogens is 903 g/mol. The first-order valence-electron chi connectivity index (χ1n) is 17.0. The van der Waals surface area contributed by atoms with Gasteiger partial charge in [-0.15, -0.1) is 59.2 Å². The molecule has 0 amide bonds. The van der Waals surface area contributed by atoms with Crippen LogP contribution in [0.4, 0.5) is 26.3 Å². The standard InChI is InChI=1S/C33H20N2.C12H5F6N2.Ir/c1-2-12-23(13-3-1)32-25-15-5-4-14-24(25)22-31(35-32)33(30-20-10-11-21-34-30)28-18-8-6-16-26(28)27-17-7-9-19-29(27)33;13-11(14,15)9-5-4-7(8-3-1-2-6-19-8)10(20-9)12(16,17)18;/h1-12,14-18,20-22H;1-3,5-6H;/q-2;-1;+3/t33-;;/m0../s1. The normalized spacial score (nSPS) is 14.5. The molecule has 1 aliphatic carbocycles. The Morgan fingerprint density at radius 3 is 1.98 bits per heavy atom. The van der Waals surface area contributed by atoms with Crippen LogP contribution in [-0.2, 0) is 37.9 Å². The van der Waals surface area contributed by atoms with Gasteiger partial charge >= 0.3 is 32.5 Å². The number of halogens is 6. The fourth-order valence-electron chi connectivity index (χ4n) is 7.01. The average molecular weight is 928 g/mol. The summed E-state index contributed by atoms with van der Waals surface area (Å²) < 4.78 is 75.7. The number of fused-ring (bicyclic) bond motifs is 4. The third-order valence-electron chi connectivity index (χ3n) is 9.29. The van der Waals surface area contributed by atoms with Crippen molar-refractivity contribution in [2.45, 2.75) is 17.8 Å². The summed E-state index contributed by atoms with van der Waals surface area (Å²) in [7, 11) is 0. The van der Waals surface area contributed by atoms with Crippen LogP contribution in [0.3, 0.4) is 0 Å². The maximum atomic E-state index is 12.8. The van der Waals surface area contributed by atoms with E-state index in [2.05, 4.69) is 107 Å². The molecule has 0 fully saturated rings. The van der Waals surface area contributed by atoms with Crippen molar-refractivity contribution in [1.82, 2.24) is 19.9 Å². The van der Waals surface area contributed by atoms with Gasteiger partial charge < -0.3 is 9.97 Å². The van der Waals surface area contributed by atoms with Crippen molar-refractivity contribution in [2.24, 2.45) is 0 Å². The number of hydrogen-bond acceptors (Lipinski definition) is 4. The number of nitrogens with zero attached hydrogens (tertiary/aromatic N) is 4. The first-order chi connectivity index (χ1) is 26.6. The van der Waals surface area contributed by atoms with E-state index in [-0.39, 0.29) is 25.8 Å². The number of benzene rings is 4. The Labute approximate surface area is 331 Å². The maximum Gasteiger partial charge on any atom is 3.00 e. The third-order valence-corrected chi connectivity index (χ3v) is 9.29. The summed E-state index contributed by atoms with van der Waals surface area (Å²) in [6.07, 6.45) is -6.92. The van der Waals surface area contributed by atoms with Crippen LogP contribution in [0.5, 0.6) is 0 Å². The topological polar surface area (TPSA) is 51.6 Å². The fourth-order valence-corrected chi connectivity index (χ4v) is 7.01. The molecule has 0 bridgehead atoms. The number of aromatic nitrogens is 4. The Hall–Kier alpha value is -6.03. The Balaban J connectivity index is 0.000000197. The van der Waals surface area contributed by atoms with E-state index in [4.69, 9.17) is 9.97 Å². The predicted octanol–water partition coefficient (Wildman–Crippen LogP) is 11.2. The molecule has 1 atom stereocenters. The van der Waals surface area contributed by atoms with E-state index in [0.29, 0.717) is 6.07 Å². The SMILES string of the molecule is FC(F)(F)c1c[c-]c(-c2ccccn2)c(C(F)(F)F)n1.[Ir+3].[c-]1ccccc1-c1nc([C@]2(c3ccccn3)c3[c-]cccc3-c3ccccc32)cc2ccccc12. The van der Waals surface area contributed by atoms with Crippen LogP contribution in [0.25, 0.3) is 44.4 Å². The van der Waals surface area contributed by atoms with E-state index in [1.165, 1.54) is 41.1 Å². The monoisotopic (exact) mass is 928 g/mol. The summed E-state index contributed by atoms with van der Waals surface area (Å²) in [6, 6.07) is 53.2. The maximum absolute atomic E-state index is 12.8. The van der Waals surface area contributed by atoms with Gasteiger partial charge in [-0.05, 0) is 52.0 Å². The Bertz CT molecular complexity index is 2590. The molecule has 0 aliphatic heterocycles. The van der Waals surface area contributed by atoms with Crippen LogP contribution in [0, 0.1) is 18.2 Å². The van der Waals surface area contributed by atoms with Crippen LogP contribution in [0.15, 0.2) is 152 Å². The van der Waals surface area contributed by atoms with E-state index in [9.17, 15) is 26.3 Å². The minimum Gasteiger partial charge on any atom is -0.335 e. The molecule has 4 aromatic carbocycles. The van der Waals surface area contributed by atoms with Gasteiger partial charge in [0.1, 0.15) is 0 Å². The largest absolute Gasteiger partial charge is 3.00 e. The van der Waals surface area contributed by atoms with E-state index in [1.54, 1.807) is 0 Å². The minimum atomic E-state index is -5.04. The van der Waals surface area contributed by atoms with Gasteiger partial charge in [-0.25, -0.2) is 0 Å². The van der Waals surface area contributed by atoms with E-state index in [0.717, 1.165) is 39.0 Å². The Morgan fingerprint density at radius 1 is 0.571 bits per heavy atom. The predicted molar refractivity (Wildman–Crippen MR) is 196 cm³/mol. The second-order valence-corrected chi connectivity index (χ2v) is 12.5. The summed E-state index contributed by atoms with van der Waals surface area (Å²) in [5.41, 5.74) is 3.68. The molecule has 0 unspecified atom stereocenters. The van der Waals surface area contributed by atoms with Gasteiger partial charge in [0.2, 0.25) is 0 Å². The van der Waals surface area contributed by atoms with Crippen LogP contribution in [0.1, 0.15) is 33.9 Å². The molecule has 0 N–H and O–H groups in total. The van der Waals surface area contributed by atoms with Gasteiger partial charge in [-0.1, -0.05) is 77.9 Å². The zero-order valence-corrected chi connectivity index (χ0v) is 31.2. The van der Waals surface area contributed by atoms with Gasteiger partial charge in [0.15, 0.2) is 0 Å². The summed E-state index contributed by atoms with van der Waals surface area (Å²) in [5.74, 6) is 0. The summed E-state index contributed by atoms with van der Waals surface area (Å²) in [4.78, 5) is 16.7. The third kappa shape index (κ3) is 6.89. The molecule has 4 aromatic heterocycles. The van der Waals surface area contributed by atoms with Crippen LogP contribution >= 0.6 is 0 Å². The quantitative estimate of drug-likeness (QED) is 0.130. The van der Waals surface area contributed by atoms with Crippen molar-refractivity contribution in [3.05, 3.63) is 204 Å². The van der Waals surface area contributed by atoms with E-state index < -0.39 is 34.7 Å². The van der Waals surface area contributed by atoms with E-state index >= 15 is 0 Å². The first kappa shape index (κ1) is 38.3. The molecule has 9 rings (SSSR count). The average Bonchev–Trinajstić information content (AvgIpc) is 3.52. The van der Waals surface area contributed by atoms with Gasteiger partial charge in [0.25, 0.3) is 0 Å². The number of alkyl halides is 6. The second kappa shape index (κ2) is 15.2. The smallest absolute Gasteiger partial charge is 0.335 e. The number of hydrogen-bond donors (Lipinski definition) is 0. The number of pyridine rings is 4. The minimum absolute atomic E-state index is 0. The van der Waals surface area contributed by atoms with E-state index in [1.807, 2.05) is 42.6 Å². The van der Waals surface area contributed by atoms with Gasteiger partial charge in [-0.2, -0.15) is 50.6 Å². The van der Waals surface area contributed by atoms with Gasteiger partial charge in [-0.3, -0.25) is 9.97 Å². The molecule has 11 heteroatoms. The fraction of sp³-hybridized carbons (Fsp3) is 0.0667. The Kier molecular flexibility index (Phi) is 10.4. The van der Waals surface area contributed by atoms with Crippen LogP contribution in [-0.4, -0.2) is 19.9 Å². The molecule has 0 saturated carbocycles. The van der Waals surface area contributed by atoms with Crippen molar-refractivity contribution in [2.75, 3.05) is 0 Å². The van der Waals surface area contributed by atoms with Crippen molar-refractivity contribution >= 4 is 10.8 Å². The first-order valence-corrected chi connectivity index (χ1v) is 17.0. The number of rotatable bonds is 4. The molecule has 8 aromatic rings. The van der Waals surface area contributed by atoms with Crippen molar-refractivity contribution in [3.63, 3.8) is 0 Å². The van der Waals surface area contributed by atoms with Crippen LogP contribution in [0.2, 0.25) is 0 Å². The zero-order valence-electron chi connectivity index (χ0n) is 28.8. The molecular formula is C45H25F6IrN4. The van der Waals surface area contributed by atoms with Crippen molar-refractivity contribution in [3.8, 4) is 33.6 Å². The molecule has 276 valence electrons. The molecule has 0 saturated heterocycles. The summed E-state index contributed by atoms with van der Waals surface area (Å²) in [6.45, 7) is 0.